The van der Waals surface area contributed by atoms with E-state index in [1.807, 2.05) is 7.05 Å². The van der Waals surface area contributed by atoms with E-state index >= 15 is 0 Å². The summed E-state index contributed by atoms with van der Waals surface area (Å²) in [6.07, 6.45) is 2.50. The second kappa shape index (κ2) is 8.51. The third kappa shape index (κ3) is 4.46. The van der Waals surface area contributed by atoms with Gasteiger partial charge in [0.2, 0.25) is 0 Å². The Morgan fingerprint density at radius 2 is 2.00 bits per heavy atom. The number of nitrogens with zero attached hydrogens (tertiary/aromatic N) is 3. The highest BCUT2D eigenvalue weighted by Gasteiger charge is 2.23. The van der Waals surface area contributed by atoms with Crippen LogP contribution in [-0.2, 0) is 7.05 Å². The van der Waals surface area contributed by atoms with Crippen LogP contribution in [0.5, 0.6) is 5.75 Å². The van der Waals surface area contributed by atoms with E-state index in [9.17, 15) is 13.6 Å². The van der Waals surface area contributed by atoms with E-state index in [2.05, 4.69) is 15.3 Å². The van der Waals surface area contributed by atoms with Gasteiger partial charge in [0.05, 0.1) is 5.69 Å². The van der Waals surface area contributed by atoms with E-state index in [4.69, 9.17) is 12.6 Å². The van der Waals surface area contributed by atoms with Gasteiger partial charge in [-0.05, 0) is 49.9 Å². The Hall–Kier alpha value is -3.20. The lowest BCUT2D eigenvalue weighted by Crippen LogP contribution is -2.22. The van der Waals surface area contributed by atoms with E-state index in [1.165, 1.54) is 6.07 Å². The molecule has 1 amide bonds. The van der Waals surface area contributed by atoms with Crippen molar-refractivity contribution < 1.29 is 18.3 Å². The minimum absolute atomic E-state index is 0.00909. The molecule has 1 fully saturated rings. The second-order valence-corrected chi connectivity index (χ2v) is 7.66. The molecule has 2 aromatic carbocycles. The molecule has 1 aromatic heterocycles. The molecule has 1 saturated heterocycles. The molecule has 1 atom stereocenters. The molecule has 1 aliphatic heterocycles. The van der Waals surface area contributed by atoms with Crippen LogP contribution >= 0.6 is 0 Å². The Kier molecular flexibility index (Phi) is 5.78. The van der Waals surface area contributed by atoms with E-state index < -0.39 is 17.5 Å². The van der Waals surface area contributed by atoms with Gasteiger partial charge in [0.15, 0.2) is 11.6 Å². The zero-order chi connectivity index (χ0) is 22.1. The summed E-state index contributed by atoms with van der Waals surface area (Å²) in [6, 6.07) is 8.20. The monoisotopic (exact) mass is 422 g/mol. The van der Waals surface area contributed by atoms with Crippen LogP contribution in [0, 0.1) is 11.6 Å². The topological polar surface area (TPSA) is 59.4 Å². The molecule has 6 nitrogen and oxygen atoms in total. The van der Waals surface area contributed by atoms with Crippen LogP contribution in [0.1, 0.15) is 16.8 Å². The number of amides is 1. The number of aryl methyl sites for hydroxylation is 1. The van der Waals surface area contributed by atoms with Crippen molar-refractivity contribution in [1.29, 1.82) is 0 Å². The van der Waals surface area contributed by atoms with Crippen molar-refractivity contribution in [3.8, 4) is 17.0 Å². The Balaban J connectivity index is 1.66. The van der Waals surface area contributed by atoms with Crippen LogP contribution in [0.3, 0.4) is 0 Å². The molecule has 0 aliphatic carbocycles. The van der Waals surface area contributed by atoms with Gasteiger partial charge in [-0.1, -0.05) is 5.46 Å². The van der Waals surface area contributed by atoms with Crippen molar-refractivity contribution in [2.75, 3.05) is 25.5 Å². The van der Waals surface area contributed by atoms with E-state index in [0.29, 0.717) is 28.2 Å². The van der Waals surface area contributed by atoms with Crippen LogP contribution in [0.25, 0.3) is 11.3 Å². The number of hydrogen-bond acceptors (Lipinski definition) is 4. The molecule has 2 heterocycles. The number of likely N-dealkylation sites (N-methyl/N-ethyl adjacent to an activating group) is 1. The first-order valence-electron chi connectivity index (χ1n) is 9.85. The Morgan fingerprint density at radius 1 is 1.19 bits per heavy atom. The predicted octanol–water partition coefficient (Wildman–Crippen LogP) is 2.49. The molecular formula is C22H21BF2N4O2. The normalized spacial score (nSPS) is 16.5. The maximum atomic E-state index is 13.5. The highest BCUT2D eigenvalue weighted by atomic mass is 19.2. The lowest BCUT2D eigenvalue weighted by atomic mass is 9.92. The smallest absolute Gasteiger partial charge is 0.255 e. The minimum atomic E-state index is -1.08. The van der Waals surface area contributed by atoms with Crippen LogP contribution in [0.4, 0.5) is 14.5 Å². The Labute approximate surface area is 180 Å². The van der Waals surface area contributed by atoms with Crippen LogP contribution in [-0.4, -0.2) is 54.7 Å². The Morgan fingerprint density at radius 3 is 2.65 bits per heavy atom. The molecule has 1 aliphatic rings. The van der Waals surface area contributed by atoms with Crippen molar-refractivity contribution in [2.45, 2.75) is 12.5 Å². The summed E-state index contributed by atoms with van der Waals surface area (Å²) >= 11 is 0. The van der Waals surface area contributed by atoms with Crippen molar-refractivity contribution in [2.24, 2.45) is 7.05 Å². The van der Waals surface area contributed by atoms with Gasteiger partial charge in [0.25, 0.3) is 5.91 Å². The lowest BCUT2D eigenvalue weighted by molar-refractivity contribution is 0.102. The molecule has 158 valence electrons. The van der Waals surface area contributed by atoms with E-state index in [-0.39, 0.29) is 11.7 Å². The summed E-state index contributed by atoms with van der Waals surface area (Å²) in [5, 5.41) is 6.91. The van der Waals surface area contributed by atoms with Crippen molar-refractivity contribution in [3.63, 3.8) is 0 Å². The molecular weight excluding hydrogens is 401 g/mol. The SMILES string of the molecule is [B]c1cnn(C)c1-c1cc(NC(=O)c2ccc(F)c(F)c2)ccc1O[C@@H]1CCN(C)C1. The van der Waals surface area contributed by atoms with Crippen molar-refractivity contribution in [1.82, 2.24) is 14.7 Å². The number of carbonyl (C=O) groups excluding carboxylic acids is 1. The number of aromatic nitrogens is 2. The summed E-state index contributed by atoms with van der Waals surface area (Å²) in [5.74, 6) is -2.03. The van der Waals surface area contributed by atoms with Crippen molar-refractivity contribution >= 4 is 24.9 Å². The molecule has 0 bridgehead atoms. The number of ether oxygens (including phenoxy) is 1. The van der Waals surface area contributed by atoms with Gasteiger partial charge in [0, 0.05) is 43.1 Å². The fourth-order valence-corrected chi connectivity index (χ4v) is 3.69. The quantitative estimate of drug-likeness (QED) is 0.643. The minimum Gasteiger partial charge on any atom is -0.488 e. The number of hydrogen-bond donors (Lipinski definition) is 1. The molecule has 1 N–H and O–H groups in total. The number of likely N-dealkylation sites (tertiary alicyclic amines) is 1. The molecule has 31 heavy (non-hydrogen) atoms. The van der Waals surface area contributed by atoms with Gasteiger partial charge >= 0.3 is 0 Å². The lowest BCUT2D eigenvalue weighted by Gasteiger charge is -2.19. The first kappa shape index (κ1) is 21.1. The predicted molar refractivity (Wildman–Crippen MR) is 115 cm³/mol. The maximum absolute atomic E-state index is 13.5. The third-order valence-electron chi connectivity index (χ3n) is 5.28. The molecule has 3 aromatic rings. The summed E-state index contributed by atoms with van der Waals surface area (Å²) in [6.45, 7) is 1.77. The highest BCUT2D eigenvalue weighted by molar-refractivity contribution is 6.35. The zero-order valence-corrected chi connectivity index (χ0v) is 17.2. The van der Waals surface area contributed by atoms with Gasteiger partial charge in [-0.15, -0.1) is 0 Å². The maximum Gasteiger partial charge on any atom is 0.255 e. The zero-order valence-electron chi connectivity index (χ0n) is 17.2. The van der Waals surface area contributed by atoms with E-state index in [0.717, 1.165) is 31.6 Å². The average Bonchev–Trinajstić information content (AvgIpc) is 3.29. The van der Waals surface area contributed by atoms with Crippen LogP contribution in [0.2, 0.25) is 0 Å². The molecule has 0 unspecified atom stereocenters. The van der Waals surface area contributed by atoms with Gasteiger partial charge in [-0.2, -0.15) is 5.10 Å². The Bertz CT molecular complexity index is 1120. The van der Waals surface area contributed by atoms with Gasteiger partial charge < -0.3 is 15.0 Å². The van der Waals surface area contributed by atoms with E-state index in [1.54, 1.807) is 36.1 Å². The standard InChI is InChI=1S/C22H21BF2N4O2/c1-28-8-7-15(12-28)31-20-6-4-14(10-16(20)21-17(23)11-26-29(21)2)27-22(30)13-3-5-18(24)19(25)9-13/h3-6,9-11,15H,7-8,12H2,1-2H3,(H,27,30)/t15-/m1/s1. The molecule has 0 saturated carbocycles. The summed E-state index contributed by atoms with van der Waals surface area (Å²) in [7, 11) is 9.95. The van der Waals surface area contributed by atoms with Gasteiger partial charge in [0.1, 0.15) is 19.7 Å². The number of rotatable bonds is 5. The number of nitrogens with one attached hydrogen (secondary N) is 1. The summed E-state index contributed by atoms with van der Waals surface area (Å²) in [4.78, 5) is 14.7. The number of carbonyl (C=O) groups is 1. The first-order valence-corrected chi connectivity index (χ1v) is 9.85. The second-order valence-electron chi connectivity index (χ2n) is 7.66. The van der Waals surface area contributed by atoms with Gasteiger partial charge in [-0.3, -0.25) is 9.48 Å². The van der Waals surface area contributed by atoms with Crippen molar-refractivity contribution in [3.05, 3.63) is 59.8 Å². The largest absolute Gasteiger partial charge is 0.488 e. The summed E-state index contributed by atoms with van der Waals surface area (Å²) < 4.78 is 34.5. The number of halogens is 2. The van der Waals surface area contributed by atoms with Crippen LogP contribution < -0.4 is 15.5 Å². The number of anilines is 1. The average molecular weight is 422 g/mol. The molecule has 0 spiro atoms. The molecule has 4 rings (SSSR count). The molecule has 2 radical (unpaired) electrons. The van der Waals surface area contributed by atoms with Gasteiger partial charge in [-0.25, -0.2) is 8.78 Å². The fraction of sp³-hybridized carbons (Fsp3) is 0.273. The number of benzene rings is 2. The van der Waals surface area contributed by atoms with Crippen LogP contribution in [0.15, 0.2) is 42.6 Å². The highest BCUT2D eigenvalue weighted by Crippen LogP contribution is 2.33. The first-order chi connectivity index (χ1) is 14.8. The summed E-state index contributed by atoms with van der Waals surface area (Å²) in [5.41, 5.74) is 2.27. The fourth-order valence-electron chi connectivity index (χ4n) is 3.69. The molecule has 9 heteroatoms. The third-order valence-corrected chi connectivity index (χ3v) is 5.28.